The molecule has 5 aromatic rings. The zero-order valence-electron chi connectivity index (χ0n) is 32.9. The Morgan fingerprint density at radius 1 is 0.651 bits per heavy atom. The fraction of sp³-hybridized carbons (Fsp3) is 0.275. The standard InChI is InChI=1S/C40H40N10O13/c41-38-47-29-26(33(57)49-38)21(10-5-17-1-6-19(7-2-17)31(55)43-22(35(59)60)11-13-24(51)52)28(45-29)40(27-30(46-37(40)63)48-39(42)50-34(27)58)16-15-18-3-8-20(9-4-18)32(56)44-23(36(61)62)12-14-25(53)54/h1-4,6-9,22-23H,5,10-16H2,(H,43,55)(H,44,56)(H,51,52)(H,53,54)(H,59,60)(H,61,62)(H4,41,45,47,49,57)(H4,42,46,48,50,58,63)/t22-,23-,40+/m0/s1. The van der Waals surface area contributed by atoms with Crippen LogP contribution in [0.2, 0.25) is 0 Å². The Balaban J connectivity index is 1.33. The van der Waals surface area contributed by atoms with Crippen molar-refractivity contribution in [2.24, 2.45) is 0 Å². The van der Waals surface area contributed by atoms with Gasteiger partial charge in [0.05, 0.1) is 10.9 Å². The largest absolute Gasteiger partial charge is 0.481 e. The van der Waals surface area contributed by atoms with Crippen LogP contribution in [0, 0.1) is 0 Å². The number of benzene rings is 2. The van der Waals surface area contributed by atoms with E-state index in [9.17, 15) is 53.4 Å². The molecular weight excluding hydrogens is 828 g/mol. The summed E-state index contributed by atoms with van der Waals surface area (Å²) < 4.78 is 0. The summed E-state index contributed by atoms with van der Waals surface area (Å²) in [7, 11) is 0. The van der Waals surface area contributed by atoms with Crippen molar-refractivity contribution in [2.45, 2.75) is 68.9 Å². The van der Waals surface area contributed by atoms with Crippen LogP contribution in [-0.4, -0.2) is 99.0 Å². The maximum absolute atomic E-state index is 14.5. The first-order valence-electron chi connectivity index (χ1n) is 19.2. The third-order valence-corrected chi connectivity index (χ3v) is 10.6. The van der Waals surface area contributed by atoms with Crippen LogP contribution in [-0.2, 0) is 48.7 Å². The minimum atomic E-state index is -1.87. The van der Waals surface area contributed by atoms with Gasteiger partial charge in [-0.15, -0.1) is 0 Å². The number of aryl methyl sites for hydroxylation is 3. The lowest BCUT2D eigenvalue weighted by Crippen LogP contribution is -2.41. The van der Waals surface area contributed by atoms with E-state index in [1.165, 1.54) is 24.3 Å². The number of fused-ring (bicyclic) bond motifs is 2. The molecule has 63 heavy (non-hydrogen) atoms. The Kier molecular flexibility index (Phi) is 12.7. The van der Waals surface area contributed by atoms with Crippen molar-refractivity contribution >= 4 is 70.3 Å². The van der Waals surface area contributed by atoms with Crippen molar-refractivity contribution in [3.63, 3.8) is 0 Å². The number of H-pyrrole nitrogens is 3. The Morgan fingerprint density at radius 2 is 1.14 bits per heavy atom. The number of nitrogens with zero attached hydrogens (tertiary/aromatic N) is 2. The molecule has 1 aliphatic heterocycles. The predicted octanol–water partition coefficient (Wildman–Crippen LogP) is 0.251. The second kappa shape index (κ2) is 18.1. The quantitative estimate of drug-likeness (QED) is 0.0529. The van der Waals surface area contributed by atoms with Gasteiger partial charge in [0.15, 0.2) is 0 Å². The number of nitrogen functional groups attached to an aromatic ring is 2. The highest BCUT2D eigenvalue weighted by Crippen LogP contribution is 2.46. The van der Waals surface area contributed by atoms with Crippen molar-refractivity contribution in [2.75, 3.05) is 16.8 Å². The summed E-state index contributed by atoms with van der Waals surface area (Å²) in [6, 6.07) is 9.06. The van der Waals surface area contributed by atoms with Crippen molar-refractivity contribution in [3.8, 4) is 0 Å². The molecule has 6 rings (SSSR count). The Morgan fingerprint density at radius 3 is 1.65 bits per heavy atom. The fourth-order valence-electron chi connectivity index (χ4n) is 7.50. The molecule has 3 aromatic heterocycles. The number of carboxylic acid groups (broad SMARTS) is 4. The summed E-state index contributed by atoms with van der Waals surface area (Å²) in [5.41, 5.74) is 10.0. The monoisotopic (exact) mass is 868 g/mol. The fourth-order valence-corrected chi connectivity index (χ4v) is 7.50. The number of hydrogen-bond acceptors (Lipinski definition) is 13. The highest BCUT2D eigenvalue weighted by molar-refractivity contribution is 6.08. The molecule has 23 heteroatoms. The van der Waals surface area contributed by atoms with Gasteiger partial charge in [0.25, 0.3) is 22.9 Å². The van der Waals surface area contributed by atoms with Crippen LogP contribution in [0.25, 0.3) is 11.0 Å². The molecule has 3 amide bonds. The van der Waals surface area contributed by atoms with E-state index in [-0.39, 0.29) is 95.2 Å². The molecular formula is C40H40N10O13. The van der Waals surface area contributed by atoms with E-state index in [0.29, 0.717) is 11.1 Å². The molecule has 1 aliphatic rings. The normalized spacial score (nSPS) is 15.2. The number of aromatic nitrogens is 5. The zero-order chi connectivity index (χ0) is 45.7. The summed E-state index contributed by atoms with van der Waals surface area (Å²) in [5.74, 6) is -8.03. The first kappa shape index (κ1) is 44.2. The van der Waals surface area contributed by atoms with Crippen LogP contribution in [0.1, 0.15) is 80.8 Å². The molecule has 14 N–H and O–H groups in total. The maximum atomic E-state index is 14.5. The van der Waals surface area contributed by atoms with Crippen LogP contribution in [0.4, 0.5) is 17.7 Å². The number of carbonyl (C=O) groups excluding carboxylic acids is 3. The Labute approximate surface area is 353 Å². The van der Waals surface area contributed by atoms with Crippen LogP contribution in [0.15, 0.2) is 58.1 Å². The van der Waals surface area contributed by atoms with E-state index in [1.54, 1.807) is 24.3 Å². The van der Waals surface area contributed by atoms with Gasteiger partial charge in [-0.3, -0.25) is 33.6 Å². The Bertz CT molecular complexity index is 2780. The van der Waals surface area contributed by atoms with E-state index in [2.05, 4.69) is 40.9 Å². The second-order valence-corrected chi connectivity index (χ2v) is 14.7. The van der Waals surface area contributed by atoms with E-state index in [1.807, 2.05) is 0 Å². The van der Waals surface area contributed by atoms with Gasteiger partial charge in [0.1, 0.15) is 29.0 Å². The molecule has 0 spiro atoms. The molecule has 2 aromatic carbocycles. The van der Waals surface area contributed by atoms with E-state index < -0.39 is 83.1 Å². The predicted molar refractivity (Wildman–Crippen MR) is 220 cm³/mol. The molecule has 3 atom stereocenters. The molecule has 0 fully saturated rings. The smallest absolute Gasteiger partial charge is 0.326 e. The van der Waals surface area contributed by atoms with Gasteiger partial charge in [-0.25, -0.2) is 9.59 Å². The number of hydrogen-bond donors (Lipinski definition) is 12. The number of aliphatic carboxylic acids is 4. The van der Waals surface area contributed by atoms with E-state index in [4.69, 9.17) is 21.7 Å². The Hall–Kier alpha value is -8.37. The van der Waals surface area contributed by atoms with Crippen LogP contribution >= 0.6 is 0 Å². The van der Waals surface area contributed by atoms with Gasteiger partial charge in [-0.1, -0.05) is 24.3 Å². The average molecular weight is 869 g/mol. The van der Waals surface area contributed by atoms with Crippen LogP contribution < -0.4 is 38.5 Å². The molecule has 0 unspecified atom stereocenters. The molecule has 0 saturated carbocycles. The number of anilines is 3. The minimum absolute atomic E-state index is 0.0315. The lowest BCUT2D eigenvalue weighted by molar-refractivity contribution is -0.142. The second-order valence-electron chi connectivity index (χ2n) is 14.7. The highest BCUT2D eigenvalue weighted by Gasteiger charge is 2.53. The number of carboxylic acids is 4. The number of carbonyl (C=O) groups is 7. The third kappa shape index (κ3) is 9.51. The van der Waals surface area contributed by atoms with Gasteiger partial charge in [-0.05, 0) is 79.5 Å². The molecule has 23 nitrogen and oxygen atoms in total. The summed E-state index contributed by atoms with van der Waals surface area (Å²) in [4.78, 5) is 129. The van der Waals surface area contributed by atoms with Gasteiger partial charge in [-0.2, -0.15) is 9.97 Å². The SMILES string of the molecule is Nc1nc(=O)c2c([nH]1)NC(=O)[C@@]2(CCc1ccc(C(=O)N[C@@H](CCC(=O)O)C(=O)O)cc1)c1[nH]c2[nH]c(N)nc(=O)c2c1CCc1ccc(C(=O)N[C@@H](CCC(=O)O)C(=O)O)cc1. The lowest BCUT2D eigenvalue weighted by atomic mass is 9.73. The van der Waals surface area contributed by atoms with Crippen molar-refractivity contribution in [3.05, 3.63) is 108 Å². The summed E-state index contributed by atoms with van der Waals surface area (Å²) in [6.07, 6.45) is -1.47. The topological polar surface area (TPSA) is 396 Å². The van der Waals surface area contributed by atoms with Crippen LogP contribution in [0.5, 0.6) is 0 Å². The van der Waals surface area contributed by atoms with Crippen molar-refractivity contribution in [1.82, 2.24) is 35.6 Å². The average Bonchev–Trinajstić information content (AvgIpc) is 3.73. The summed E-state index contributed by atoms with van der Waals surface area (Å²) >= 11 is 0. The molecule has 0 aliphatic carbocycles. The zero-order valence-corrected chi connectivity index (χ0v) is 32.9. The minimum Gasteiger partial charge on any atom is -0.481 e. The number of aromatic amines is 3. The molecule has 328 valence electrons. The number of nitrogens with one attached hydrogen (secondary N) is 6. The summed E-state index contributed by atoms with van der Waals surface area (Å²) in [5, 5.41) is 44.2. The summed E-state index contributed by atoms with van der Waals surface area (Å²) in [6.45, 7) is 0. The van der Waals surface area contributed by atoms with Crippen LogP contribution in [0.3, 0.4) is 0 Å². The van der Waals surface area contributed by atoms with Gasteiger partial charge in [0.2, 0.25) is 17.8 Å². The van der Waals surface area contributed by atoms with E-state index >= 15 is 0 Å². The van der Waals surface area contributed by atoms with Crippen molar-refractivity contribution in [1.29, 1.82) is 0 Å². The van der Waals surface area contributed by atoms with Crippen molar-refractivity contribution < 1.29 is 54.0 Å². The van der Waals surface area contributed by atoms with Gasteiger partial charge >= 0.3 is 23.9 Å². The molecule has 4 heterocycles. The highest BCUT2D eigenvalue weighted by atomic mass is 16.4. The lowest BCUT2D eigenvalue weighted by Gasteiger charge is -2.27. The first-order chi connectivity index (χ1) is 29.9. The first-order valence-corrected chi connectivity index (χ1v) is 19.2. The van der Waals surface area contributed by atoms with Gasteiger partial charge in [0, 0.05) is 29.7 Å². The maximum Gasteiger partial charge on any atom is 0.326 e. The van der Waals surface area contributed by atoms with E-state index in [0.717, 1.165) is 0 Å². The molecule has 0 radical (unpaired) electrons. The molecule has 0 bridgehead atoms. The molecule has 0 saturated heterocycles. The number of amides is 3. The van der Waals surface area contributed by atoms with Gasteiger partial charge < -0.3 is 62.8 Å². The third-order valence-electron chi connectivity index (χ3n) is 10.6. The number of nitrogens with two attached hydrogens (primary N) is 2. The number of rotatable bonds is 19.